The molecule has 15 heteroatoms. The Hall–Kier alpha value is -4.89. The molecule has 0 amide bonds. The van der Waals surface area contributed by atoms with Gasteiger partial charge in [0.1, 0.15) is 17.8 Å². The quantitative estimate of drug-likeness (QED) is 0.0881. The molecule has 1 aliphatic rings. The smallest absolute Gasteiger partial charge is 0.419 e. The van der Waals surface area contributed by atoms with Crippen molar-refractivity contribution >= 4 is 50.9 Å². The SMILES string of the molecule is COC(=O)/C=C1\CN(S(=O)(=O)c2ccc([N+](=O)[O-])cc2)CCc2c(n(C(=O)OC(C)(C)C)c3ccccc23)[C@H](C(=O)OC)[C@H]1CC=O. The summed E-state index contributed by atoms with van der Waals surface area (Å²) in [6.07, 6.45) is 0.336. The molecule has 0 saturated heterocycles. The van der Waals surface area contributed by atoms with Gasteiger partial charge in [0.05, 0.1) is 29.6 Å². The van der Waals surface area contributed by atoms with Gasteiger partial charge in [-0.05, 0) is 56.5 Å². The minimum absolute atomic E-state index is 0.0232. The highest BCUT2D eigenvalue weighted by Gasteiger charge is 2.43. The largest absolute Gasteiger partial charge is 0.468 e. The fraction of sp³-hybridized carbons (Fsp3) is 0.375. The number of sulfonamides is 1. The van der Waals surface area contributed by atoms with Crippen LogP contribution in [0.5, 0.6) is 0 Å². The zero-order valence-corrected chi connectivity index (χ0v) is 27.3. The number of carbonyl (C=O) groups is 4. The monoisotopic (exact) mass is 669 g/mol. The molecule has 0 N–H and O–H groups in total. The molecule has 1 aliphatic heterocycles. The molecular weight excluding hydrogens is 634 g/mol. The van der Waals surface area contributed by atoms with Crippen molar-refractivity contribution in [2.45, 2.75) is 50.0 Å². The van der Waals surface area contributed by atoms with Crippen molar-refractivity contribution in [2.75, 3.05) is 27.3 Å². The number of ether oxygens (including phenoxy) is 3. The van der Waals surface area contributed by atoms with E-state index >= 15 is 0 Å². The molecule has 1 aromatic heterocycles. The standard InChI is InChI=1S/C32H35N3O11S/c1-32(2,3)46-31(39)34-26-9-7-6-8-24(26)25-14-16-33(47(42,43)22-12-10-21(11-13-22)35(40)41)19-20(18-27(37)44-4)23(15-17-36)28(29(25)34)30(38)45-5/h6-13,17-18,23,28H,14-16,19H2,1-5H3/b20-18+/t23-,28+/m0/s1. The second kappa shape index (κ2) is 13.8. The third-order valence-electron chi connectivity index (χ3n) is 7.73. The van der Waals surface area contributed by atoms with Crippen molar-refractivity contribution < 1.29 is 46.7 Å². The van der Waals surface area contributed by atoms with E-state index in [4.69, 9.17) is 14.2 Å². The molecule has 2 aromatic carbocycles. The van der Waals surface area contributed by atoms with Crippen molar-refractivity contribution in [1.82, 2.24) is 8.87 Å². The first-order valence-corrected chi connectivity index (χ1v) is 16.0. The number of fused-ring (bicyclic) bond motifs is 3. The Morgan fingerprint density at radius 1 is 1.04 bits per heavy atom. The Morgan fingerprint density at radius 3 is 2.28 bits per heavy atom. The van der Waals surface area contributed by atoms with Gasteiger partial charge in [0.2, 0.25) is 10.0 Å². The molecule has 3 aromatic rings. The molecule has 250 valence electrons. The fourth-order valence-corrected chi connectivity index (χ4v) is 7.14. The lowest BCUT2D eigenvalue weighted by molar-refractivity contribution is -0.384. The first-order chi connectivity index (χ1) is 22.1. The van der Waals surface area contributed by atoms with Crippen LogP contribution < -0.4 is 0 Å². The minimum atomic E-state index is -4.39. The van der Waals surface area contributed by atoms with Gasteiger partial charge in [-0.25, -0.2) is 22.6 Å². The number of hydrogen-bond acceptors (Lipinski definition) is 11. The van der Waals surface area contributed by atoms with Gasteiger partial charge in [-0.1, -0.05) is 18.2 Å². The number of nitro benzene ring substituents is 1. The van der Waals surface area contributed by atoms with E-state index in [1.54, 1.807) is 45.0 Å². The Kier molecular flexibility index (Phi) is 10.3. The first-order valence-electron chi connectivity index (χ1n) is 14.5. The Morgan fingerprint density at radius 2 is 1.70 bits per heavy atom. The van der Waals surface area contributed by atoms with Crippen LogP contribution in [0.15, 0.2) is 65.1 Å². The number of hydrogen-bond donors (Lipinski definition) is 0. The van der Waals surface area contributed by atoms with E-state index in [1.807, 2.05) is 0 Å². The fourth-order valence-electron chi connectivity index (χ4n) is 5.71. The second-order valence-electron chi connectivity index (χ2n) is 11.8. The summed E-state index contributed by atoms with van der Waals surface area (Å²) in [5, 5.41) is 11.7. The first kappa shape index (κ1) is 35.0. The molecule has 0 aliphatic carbocycles. The van der Waals surface area contributed by atoms with E-state index in [2.05, 4.69) is 0 Å². The van der Waals surface area contributed by atoms with E-state index in [1.165, 1.54) is 4.57 Å². The summed E-state index contributed by atoms with van der Waals surface area (Å²) in [5.74, 6) is -4.28. The van der Waals surface area contributed by atoms with E-state index in [0.717, 1.165) is 48.9 Å². The molecule has 0 saturated carbocycles. The molecule has 0 unspecified atom stereocenters. The molecule has 4 rings (SSSR count). The van der Waals surface area contributed by atoms with Gasteiger partial charge in [0.15, 0.2) is 0 Å². The van der Waals surface area contributed by atoms with Gasteiger partial charge >= 0.3 is 18.0 Å². The third kappa shape index (κ3) is 7.25. The van der Waals surface area contributed by atoms with Gasteiger partial charge in [-0.15, -0.1) is 0 Å². The van der Waals surface area contributed by atoms with Crippen LogP contribution in [0.2, 0.25) is 0 Å². The number of esters is 2. The molecule has 47 heavy (non-hydrogen) atoms. The van der Waals surface area contributed by atoms with Crippen LogP contribution in [0.25, 0.3) is 10.9 Å². The average Bonchev–Trinajstić information content (AvgIpc) is 3.36. The second-order valence-corrected chi connectivity index (χ2v) is 13.7. The predicted molar refractivity (Wildman–Crippen MR) is 168 cm³/mol. The number of para-hydroxylation sites is 1. The number of rotatable bonds is 7. The van der Waals surface area contributed by atoms with Crippen molar-refractivity contribution in [1.29, 1.82) is 0 Å². The summed E-state index contributed by atoms with van der Waals surface area (Å²) in [7, 11) is -2.13. The normalized spacial score (nSPS) is 18.4. The number of methoxy groups -OCH3 is 2. The molecule has 0 bridgehead atoms. The van der Waals surface area contributed by atoms with Gasteiger partial charge in [0.25, 0.3) is 5.69 Å². The summed E-state index contributed by atoms with van der Waals surface area (Å²) in [6, 6.07) is 11.1. The van der Waals surface area contributed by atoms with Gasteiger partial charge in [-0.3, -0.25) is 14.9 Å². The van der Waals surface area contributed by atoms with Gasteiger partial charge in [-0.2, -0.15) is 4.31 Å². The van der Waals surface area contributed by atoms with Crippen LogP contribution in [0.4, 0.5) is 10.5 Å². The van der Waals surface area contributed by atoms with E-state index < -0.39 is 57.0 Å². The van der Waals surface area contributed by atoms with Crippen LogP contribution in [-0.2, 0) is 45.0 Å². The molecule has 0 spiro atoms. The zero-order valence-electron chi connectivity index (χ0n) is 26.5. The lowest BCUT2D eigenvalue weighted by atomic mass is 9.80. The molecular formula is C32H35N3O11S. The molecule has 14 nitrogen and oxygen atoms in total. The summed E-state index contributed by atoms with van der Waals surface area (Å²) in [4.78, 5) is 62.9. The molecule has 2 atom stereocenters. The number of nitrogens with zero attached hydrogens (tertiary/aromatic N) is 3. The molecule has 0 fully saturated rings. The van der Waals surface area contributed by atoms with Crippen molar-refractivity contribution in [3.8, 4) is 0 Å². The maximum Gasteiger partial charge on any atom is 0.419 e. The molecule has 2 heterocycles. The lowest BCUT2D eigenvalue weighted by Gasteiger charge is -2.29. The maximum absolute atomic E-state index is 14.1. The number of aldehydes is 1. The van der Waals surface area contributed by atoms with Crippen LogP contribution in [0.3, 0.4) is 0 Å². The van der Waals surface area contributed by atoms with E-state index in [9.17, 15) is 37.7 Å². The van der Waals surface area contributed by atoms with Crippen LogP contribution >= 0.6 is 0 Å². The minimum Gasteiger partial charge on any atom is -0.468 e. The summed E-state index contributed by atoms with van der Waals surface area (Å²) < 4.78 is 46.3. The summed E-state index contributed by atoms with van der Waals surface area (Å²) >= 11 is 0. The number of aromatic nitrogens is 1. The average molecular weight is 670 g/mol. The highest BCUT2D eigenvalue weighted by Crippen LogP contribution is 2.42. The summed E-state index contributed by atoms with van der Waals surface area (Å²) in [6.45, 7) is 4.35. The number of non-ortho nitro benzene ring substituents is 1. The van der Waals surface area contributed by atoms with Crippen molar-refractivity contribution in [3.63, 3.8) is 0 Å². The molecule has 0 radical (unpaired) electrons. The Labute approximate surface area is 271 Å². The topological polar surface area (TPSA) is 181 Å². The number of benzene rings is 2. The summed E-state index contributed by atoms with van der Waals surface area (Å²) in [5.41, 5.74) is -0.285. The lowest BCUT2D eigenvalue weighted by Crippen LogP contribution is -2.37. The zero-order chi connectivity index (χ0) is 34.7. The van der Waals surface area contributed by atoms with Crippen molar-refractivity contribution in [3.05, 3.63) is 81.6 Å². The number of carbonyl (C=O) groups excluding carboxylic acids is 4. The van der Waals surface area contributed by atoms with Crippen molar-refractivity contribution in [2.24, 2.45) is 5.92 Å². The van der Waals surface area contributed by atoms with Crippen LogP contribution in [0, 0.1) is 16.0 Å². The van der Waals surface area contributed by atoms with Crippen LogP contribution in [0.1, 0.15) is 44.4 Å². The van der Waals surface area contributed by atoms with E-state index in [-0.39, 0.29) is 41.2 Å². The predicted octanol–water partition coefficient (Wildman–Crippen LogP) is 4.14. The highest BCUT2D eigenvalue weighted by molar-refractivity contribution is 7.89. The highest BCUT2D eigenvalue weighted by atomic mass is 32.2. The van der Waals surface area contributed by atoms with Gasteiger partial charge < -0.3 is 19.0 Å². The van der Waals surface area contributed by atoms with Gasteiger partial charge in [0, 0.05) is 54.7 Å². The maximum atomic E-state index is 14.1. The third-order valence-corrected chi connectivity index (χ3v) is 9.59. The Bertz CT molecular complexity index is 1850. The Balaban J connectivity index is 2.07. The van der Waals surface area contributed by atoms with Crippen LogP contribution in [-0.4, -0.2) is 79.4 Å². The van der Waals surface area contributed by atoms with E-state index in [0.29, 0.717) is 22.8 Å². The number of nitro groups is 1.